The Kier molecular flexibility index (Phi) is 4.04. The minimum atomic E-state index is 0.479. The zero-order valence-corrected chi connectivity index (χ0v) is 15.5. The molecule has 9 heteroatoms. The highest BCUT2D eigenvalue weighted by molar-refractivity contribution is 5.59. The molecule has 0 atom stereocenters. The first-order valence-corrected chi connectivity index (χ1v) is 9.21. The van der Waals surface area contributed by atoms with Crippen molar-refractivity contribution in [3.63, 3.8) is 0 Å². The number of aromatic nitrogens is 7. The fourth-order valence-electron chi connectivity index (χ4n) is 3.48. The Balaban J connectivity index is 1.38. The lowest BCUT2D eigenvalue weighted by atomic mass is 10.2. The summed E-state index contributed by atoms with van der Waals surface area (Å²) in [5, 5.41) is 12.6. The van der Waals surface area contributed by atoms with Gasteiger partial charge in [-0.25, -0.2) is 9.97 Å². The number of para-hydroxylation sites is 1. The molecule has 9 nitrogen and oxygen atoms in total. The van der Waals surface area contributed by atoms with Crippen molar-refractivity contribution in [2.75, 3.05) is 36.0 Å². The second kappa shape index (κ2) is 6.84. The summed E-state index contributed by atoms with van der Waals surface area (Å²) >= 11 is 0. The van der Waals surface area contributed by atoms with Crippen LogP contribution in [0.5, 0.6) is 0 Å². The summed E-state index contributed by atoms with van der Waals surface area (Å²) in [7, 11) is 0. The summed E-state index contributed by atoms with van der Waals surface area (Å²) in [6, 6.07) is 12.3. The van der Waals surface area contributed by atoms with Crippen LogP contribution < -0.4 is 9.80 Å². The van der Waals surface area contributed by atoms with Crippen LogP contribution in [0, 0.1) is 6.92 Å². The van der Waals surface area contributed by atoms with Gasteiger partial charge in [-0.1, -0.05) is 18.2 Å². The smallest absolute Gasteiger partial charge is 0.271 e. The third kappa shape index (κ3) is 2.90. The maximum Gasteiger partial charge on any atom is 0.271 e. The number of anilines is 2. The lowest BCUT2D eigenvalue weighted by Crippen LogP contribution is -2.47. The lowest BCUT2D eigenvalue weighted by Gasteiger charge is -2.36. The van der Waals surface area contributed by atoms with Crippen LogP contribution in [0.4, 0.5) is 11.6 Å². The molecule has 28 heavy (non-hydrogen) atoms. The zero-order valence-electron chi connectivity index (χ0n) is 15.5. The van der Waals surface area contributed by atoms with Gasteiger partial charge in [0, 0.05) is 38.1 Å². The molecular weight excluding hydrogens is 354 g/mol. The molecule has 0 amide bonds. The summed E-state index contributed by atoms with van der Waals surface area (Å²) in [4.78, 5) is 17.9. The van der Waals surface area contributed by atoms with E-state index in [2.05, 4.69) is 59.3 Å². The van der Waals surface area contributed by atoms with Gasteiger partial charge >= 0.3 is 0 Å². The molecule has 5 rings (SSSR count). The van der Waals surface area contributed by atoms with Gasteiger partial charge in [0.25, 0.3) is 5.78 Å². The molecule has 0 spiro atoms. The third-order valence-electron chi connectivity index (χ3n) is 5.00. The van der Waals surface area contributed by atoms with Crippen LogP contribution in [0.1, 0.15) is 5.69 Å². The minimum absolute atomic E-state index is 0.479. The molecule has 3 aromatic heterocycles. The molecule has 140 valence electrons. The number of nitrogens with zero attached hydrogens (tertiary/aromatic N) is 9. The van der Waals surface area contributed by atoms with E-state index in [1.807, 2.05) is 19.1 Å². The first-order chi connectivity index (χ1) is 13.8. The number of hydrogen-bond acceptors (Lipinski definition) is 8. The minimum Gasteiger partial charge on any atom is -0.368 e. The van der Waals surface area contributed by atoms with Crippen LogP contribution in [0.3, 0.4) is 0 Å². The van der Waals surface area contributed by atoms with Gasteiger partial charge in [0.1, 0.15) is 12.0 Å². The molecule has 0 saturated carbocycles. The monoisotopic (exact) mass is 373 g/mol. The highest BCUT2D eigenvalue weighted by atomic mass is 15.4. The second-order valence-electron chi connectivity index (χ2n) is 6.66. The molecule has 4 aromatic rings. The summed E-state index contributed by atoms with van der Waals surface area (Å²) in [6.45, 7) is 5.53. The summed E-state index contributed by atoms with van der Waals surface area (Å²) in [5.41, 5.74) is 3.52. The molecule has 0 N–H and O–H groups in total. The van der Waals surface area contributed by atoms with Crippen LogP contribution >= 0.6 is 0 Å². The Hall–Kier alpha value is -3.62. The van der Waals surface area contributed by atoms with Gasteiger partial charge in [0.15, 0.2) is 0 Å². The number of benzene rings is 1. The molecular formula is C19H19N9. The Morgan fingerprint density at radius 2 is 1.64 bits per heavy atom. The van der Waals surface area contributed by atoms with Crippen molar-refractivity contribution in [2.24, 2.45) is 0 Å². The van der Waals surface area contributed by atoms with Gasteiger partial charge < -0.3 is 9.80 Å². The molecule has 1 saturated heterocycles. The normalized spacial score (nSPS) is 14.6. The average Bonchev–Trinajstić information content (AvgIpc) is 3.25. The van der Waals surface area contributed by atoms with Gasteiger partial charge in [-0.2, -0.15) is 14.6 Å². The number of hydrogen-bond donors (Lipinski definition) is 0. The van der Waals surface area contributed by atoms with Crippen molar-refractivity contribution in [1.29, 1.82) is 0 Å². The van der Waals surface area contributed by atoms with Crippen molar-refractivity contribution >= 4 is 17.4 Å². The number of piperazine rings is 1. The van der Waals surface area contributed by atoms with E-state index in [1.54, 1.807) is 10.7 Å². The number of fused-ring (bicyclic) bond motifs is 1. The van der Waals surface area contributed by atoms with E-state index >= 15 is 0 Å². The topological polar surface area (TPSA) is 88.2 Å². The average molecular weight is 373 g/mol. The molecule has 1 aliphatic heterocycles. The first-order valence-electron chi connectivity index (χ1n) is 9.21. The summed E-state index contributed by atoms with van der Waals surface area (Å²) < 4.78 is 1.67. The van der Waals surface area contributed by atoms with Crippen LogP contribution in [0.15, 0.2) is 48.9 Å². The summed E-state index contributed by atoms with van der Waals surface area (Å²) in [5.74, 6) is 1.19. The van der Waals surface area contributed by atoms with E-state index in [0.29, 0.717) is 17.4 Å². The van der Waals surface area contributed by atoms with Gasteiger partial charge in [-0.3, -0.25) is 0 Å². The predicted molar refractivity (Wildman–Crippen MR) is 105 cm³/mol. The second-order valence-corrected chi connectivity index (χ2v) is 6.66. The van der Waals surface area contributed by atoms with Crippen LogP contribution in [0.2, 0.25) is 0 Å². The van der Waals surface area contributed by atoms with Crippen molar-refractivity contribution < 1.29 is 0 Å². The number of aryl methyl sites for hydroxylation is 1. The molecule has 1 aliphatic rings. The third-order valence-corrected chi connectivity index (χ3v) is 5.00. The van der Waals surface area contributed by atoms with Crippen LogP contribution in [-0.4, -0.2) is 60.9 Å². The van der Waals surface area contributed by atoms with E-state index in [9.17, 15) is 0 Å². The Morgan fingerprint density at radius 3 is 2.46 bits per heavy atom. The molecule has 0 radical (unpaired) electrons. The van der Waals surface area contributed by atoms with Gasteiger partial charge in [-0.05, 0) is 25.1 Å². The van der Waals surface area contributed by atoms with Crippen molar-refractivity contribution in [2.45, 2.75) is 6.92 Å². The van der Waals surface area contributed by atoms with Gasteiger partial charge in [0.05, 0.1) is 11.4 Å². The van der Waals surface area contributed by atoms with E-state index < -0.39 is 0 Å². The highest BCUT2D eigenvalue weighted by Crippen LogP contribution is 2.22. The van der Waals surface area contributed by atoms with E-state index in [1.165, 1.54) is 12.0 Å². The molecule has 1 aromatic carbocycles. The van der Waals surface area contributed by atoms with Crippen molar-refractivity contribution in [1.82, 2.24) is 34.8 Å². The fourth-order valence-corrected chi connectivity index (χ4v) is 3.48. The fraction of sp³-hybridized carbons (Fsp3) is 0.263. The zero-order chi connectivity index (χ0) is 18.9. The maximum absolute atomic E-state index is 4.75. The quantitative estimate of drug-likeness (QED) is 0.535. The van der Waals surface area contributed by atoms with E-state index in [-0.39, 0.29) is 0 Å². The molecule has 4 heterocycles. The van der Waals surface area contributed by atoms with E-state index in [0.717, 1.165) is 37.6 Å². The first kappa shape index (κ1) is 16.5. The Labute approximate surface area is 161 Å². The predicted octanol–water partition coefficient (Wildman–Crippen LogP) is 1.61. The Morgan fingerprint density at radius 1 is 0.857 bits per heavy atom. The standard InChI is InChI=1S/C19H19N9/c1-14-17(24-25-19-21-13-22-28(14)19)16-7-8-20-18(23-16)27-11-9-26(10-12-27)15-5-3-2-4-6-15/h2-8,13H,9-12H2,1H3. The van der Waals surface area contributed by atoms with Gasteiger partial charge in [-0.15, -0.1) is 10.2 Å². The lowest BCUT2D eigenvalue weighted by molar-refractivity contribution is 0.640. The maximum atomic E-state index is 4.75. The van der Waals surface area contributed by atoms with Crippen molar-refractivity contribution in [3.8, 4) is 11.4 Å². The van der Waals surface area contributed by atoms with Gasteiger partial charge in [0.2, 0.25) is 5.95 Å². The molecule has 0 bridgehead atoms. The molecule has 0 unspecified atom stereocenters. The van der Waals surface area contributed by atoms with Crippen LogP contribution in [-0.2, 0) is 0 Å². The Bertz CT molecular complexity index is 1100. The molecule has 0 aliphatic carbocycles. The van der Waals surface area contributed by atoms with Crippen molar-refractivity contribution in [3.05, 3.63) is 54.6 Å². The summed E-state index contributed by atoms with van der Waals surface area (Å²) in [6.07, 6.45) is 3.24. The number of rotatable bonds is 3. The highest BCUT2D eigenvalue weighted by Gasteiger charge is 2.20. The van der Waals surface area contributed by atoms with E-state index in [4.69, 9.17) is 4.98 Å². The molecule has 1 fully saturated rings. The SMILES string of the molecule is Cc1c(-c2ccnc(N3CCN(c4ccccc4)CC3)n2)nnc2ncnn12. The largest absolute Gasteiger partial charge is 0.368 e. The van der Waals surface area contributed by atoms with Crippen LogP contribution in [0.25, 0.3) is 17.2 Å².